The van der Waals surface area contributed by atoms with E-state index >= 15 is 0 Å². The molecule has 56 valence electrons. The smallest absolute Gasteiger partial charge is 0.0689 e. The van der Waals surface area contributed by atoms with Crippen LogP contribution < -0.4 is 0 Å². The molecule has 0 amide bonds. The summed E-state index contributed by atoms with van der Waals surface area (Å²) >= 11 is 0. The van der Waals surface area contributed by atoms with Gasteiger partial charge < -0.3 is 0 Å². The molecule has 0 aliphatic heterocycles. The van der Waals surface area contributed by atoms with E-state index in [1.807, 2.05) is 0 Å². The van der Waals surface area contributed by atoms with E-state index < -0.39 is 0 Å². The minimum absolute atomic E-state index is 0.129. The summed E-state index contributed by atoms with van der Waals surface area (Å²) in [6, 6.07) is 2.41. The first-order chi connectivity index (χ1) is 4.68. The zero-order valence-electron chi connectivity index (χ0n) is 6.85. The maximum atomic E-state index is 8.72. The van der Waals surface area contributed by atoms with Crippen molar-refractivity contribution in [2.75, 3.05) is 0 Å². The molecule has 0 bridgehead atoms. The van der Waals surface area contributed by atoms with Gasteiger partial charge in [0, 0.05) is 0 Å². The first-order valence-electron chi connectivity index (χ1n) is 4.10. The third-order valence-corrected chi connectivity index (χ3v) is 2.29. The molecule has 0 spiro atoms. The number of hydrogen-bond acceptors (Lipinski definition) is 1. The molecule has 1 heteroatoms. The molecule has 0 aromatic rings. The zero-order valence-corrected chi connectivity index (χ0v) is 6.85. The summed E-state index contributed by atoms with van der Waals surface area (Å²) in [5, 5.41) is 8.72. The number of hydrogen-bond donors (Lipinski definition) is 0. The number of nitriles is 1. The molecule has 0 atom stereocenters. The summed E-state index contributed by atoms with van der Waals surface area (Å²) in [6.07, 6.45) is 4.64. The van der Waals surface area contributed by atoms with Crippen LogP contribution in [0, 0.1) is 22.7 Å². The summed E-state index contributed by atoms with van der Waals surface area (Å²) in [4.78, 5) is 0. The number of nitrogens with zero attached hydrogens (tertiary/aromatic N) is 1. The van der Waals surface area contributed by atoms with Crippen molar-refractivity contribution in [3.8, 4) is 6.07 Å². The summed E-state index contributed by atoms with van der Waals surface area (Å²) in [7, 11) is 0. The fraction of sp³-hybridized carbons (Fsp3) is 0.889. The average Bonchev–Trinajstić information content (AvgIpc) is 2.64. The Morgan fingerprint density at radius 1 is 1.50 bits per heavy atom. The van der Waals surface area contributed by atoms with E-state index in [1.165, 1.54) is 6.42 Å². The van der Waals surface area contributed by atoms with Crippen LogP contribution in [0.5, 0.6) is 0 Å². The minimum Gasteiger partial charge on any atom is -0.198 e. The zero-order chi connectivity index (χ0) is 7.61. The van der Waals surface area contributed by atoms with Crippen LogP contribution in [0.25, 0.3) is 0 Å². The average molecular weight is 137 g/mol. The Balaban J connectivity index is 2.21. The lowest BCUT2D eigenvalue weighted by Gasteiger charge is -2.06. The molecule has 1 nitrogen and oxygen atoms in total. The van der Waals surface area contributed by atoms with Crippen molar-refractivity contribution in [3.63, 3.8) is 0 Å². The van der Waals surface area contributed by atoms with E-state index in [9.17, 15) is 0 Å². The van der Waals surface area contributed by atoms with Gasteiger partial charge >= 0.3 is 0 Å². The van der Waals surface area contributed by atoms with Crippen molar-refractivity contribution < 1.29 is 0 Å². The quantitative estimate of drug-likeness (QED) is 0.586. The van der Waals surface area contributed by atoms with Gasteiger partial charge in [0.05, 0.1) is 11.5 Å². The van der Waals surface area contributed by atoms with Crippen LogP contribution in [0.3, 0.4) is 0 Å². The standard InChI is InChI=1S/C9H15N/c1-8(2)3-4-9(7-10)5-6-9/h8H,3-6H2,1-2H3. The fourth-order valence-electron chi connectivity index (χ4n) is 1.13. The summed E-state index contributed by atoms with van der Waals surface area (Å²) in [5.41, 5.74) is 0.129. The topological polar surface area (TPSA) is 23.8 Å². The molecule has 0 saturated heterocycles. The van der Waals surface area contributed by atoms with Gasteiger partial charge in [-0.1, -0.05) is 13.8 Å². The van der Waals surface area contributed by atoms with Gasteiger partial charge in [0.1, 0.15) is 0 Å². The van der Waals surface area contributed by atoms with Crippen molar-refractivity contribution in [1.82, 2.24) is 0 Å². The fourth-order valence-corrected chi connectivity index (χ4v) is 1.13. The molecule has 0 N–H and O–H groups in total. The molecule has 1 fully saturated rings. The molecular formula is C9H15N. The van der Waals surface area contributed by atoms with Crippen LogP contribution in [0.4, 0.5) is 0 Å². The molecule has 1 aliphatic rings. The van der Waals surface area contributed by atoms with E-state index in [0.717, 1.165) is 25.2 Å². The van der Waals surface area contributed by atoms with Crippen molar-refractivity contribution in [3.05, 3.63) is 0 Å². The highest BCUT2D eigenvalue weighted by molar-refractivity contribution is 5.09. The third kappa shape index (κ3) is 1.73. The normalized spacial score (nSPS) is 20.6. The van der Waals surface area contributed by atoms with Gasteiger partial charge in [-0.2, -0.15) is 5.26 Å². The lowest BCUT2D eigenvalue weighted by molar-refractivity contribution is 0.477. The number of rotatable bonds is 3. The van der Waals surface area contributed by atoms with Crippen molar-refractivity contribution in [2.24, 2.45) is 11.3 Å². The van der Waals surface area contributed by atoms with Gasteiger partial charge in [0.25, 0.3) is 0 Å². The van der Waals surface area contributed by atoms with Gasteiger partial charge in [-0.3, -0.25) is 0 Å². The third-order valence-electron chi connectivity index (χ3n) is 2.29. The highest BCUT2D eigenvalue weighted by Crippen LogP contribution is 2.49. The molecule has 0 aromatic heterocycles. The molecule has 0 heterocycles. The van der Waals surface area contributed by atoms with Crippen LogP contribution in [0.2, 0.25) is 0 Å². The highest BCUT2D eigenvalue weighted by Gasteiger charge is 2.42. The maximum Gasteiger partial charge on any atom is 0.0689 e. The van der Waals surface area contributed by atoms with Gasteiger partial charge in [0.2, 0.25) is 0 Å². The van der Waals surface area contributed by atoms with Crippen LogP contribution in [-0.2, 0) is 0 Å². The highest BCUT2D eigenvalue weighted by atomic mass is 14.5. The molecular weight excluding hydrogens is 122 g/mol. The van der Waals surface area contributed by atoms with E-state index in [1.54, 1.807) is 0 Å². The largest absolute Gasteiger partial charge is 0.198 e. The Kier molecular flexibility index (Phi) is 1.99. The summed E-state index contributed by atoms with van der Waals surface area (Å²) in [6.45, 7) is 4.43. The van der Waals surface area contributed by atoms with Crippen LogP contribution >= 0.6 is 0 Å². The SMILES string of the molecule is CC(C)CCC1(C#N)CC1. The Morgan fingerprint density at radius 3 is 2.40 bits per heavy atom. The molecule has 1 aliphatic carbocycles. The Bertz CT molecular complexity index is 149. The summed E-state index contributed by atoms with van der Waals surface area (Å²) < 4.78 is 0. The van der Waals surface area contributed by atoms with Crippen LogP contribution in [-0.4, -0.2) is 0 Å². The second-order valence-electron chi connectivity index (χ2n) is 3.82. The minimum atomic E-state index is 0.129. The lowest BCUT2D eigenvalue weighted by atomic mass is 9.97. The predicted molar refractivity (Wildman–Crippen MR) is 41.4 cm³/mol. The molecule has 0 unspecified atom stereocenters. The van der Waals surface area contributed by atoms with Gasteiger partial charge in [-0.25, -0.2) is 0 Å². The lowest BCUT2D eigenvalue weighted by Crippen LogP contribution is -1.98. The molecule has 0 aromatic carbocycles. The van der Waals surface area contributed by atoms with Gasteiger partial charge in [-0.15, -0.1) is 0 Å². The molecule has 1 saturated carbocycles. The second kappa shape index (κ2) is 2.62. The van der Waals surface area contributed by atoms with Gasteiger partial charge in [-0.05, 0) is 31.6 Å². The Morgan fingerprint density at radius 2 is 2.10 bits per heavy atom. The van der Waals surface area contributed by atoms with Crippen LogP contribution in [0.1, 0.15) is 39.5 Å². The van der Waals surface area contributed by atoms with E-state index in [0.29, 0.717) is 0 Å². The first kappa shape index (κ1) is 7.60. The van der Waals surface area contributed by atoms with E-state index in [-0.39, 0.29) is 5.41 Å². The monoisotopic (exact) mass is 137 g/mol. The summed E-state index contributed by atoms with van der Waals surface area (Å²) in [5.74, 6) is 0.755. The molecule has 0 radical (unpaired) electrons. The predicted octanol–water partition coefficient (Wildman–Crippen LogP) is 2.73. The van der Waals surface area contributed by atoms with E-state index in [2.05, 4.69) is 19.9 Å². The van der Waals surface area contributed by atoms with Gasteiger partial charge in [0.15, 0.2) is 0 Å². The van der Waals surface area contributed by atoms with E-state index in [4.69, 9.17) is 5.26 Å². The molecule has 1 rings (SSSR count). The van der Waals surface area contributed by atoms with Crippen LogP contribution in [0.15, 0.2) is 0 Å². The van der Waals surface area contributed by atoms with Crippen molar-refractivity contribution in [2.45, 2.75) is 39.5 Å². The maximum absolute atomic E-state index is 8.72. The second-order valence-corrected chi connectivity index (χ2v) is 3.82. The first-order valence-corrected chi connectivity index (χ1v) is 4.10. The Labute approximate surface area is 63.0 Å². The van der Waals surface area contributed by atoms with Crippen molar-refractivity contribution in [1.29, 1.82) is 5.26 Å². The molecule has 10 heavy (non-hydrogen) atoms. The Hall–Kier alpha value is -0.510. The van der Waals surface area contributed by atoms with Crippen molar-refractivity contribution >= 4 is 0 Å².